The third kappa shape index (κ3) is 4.21. The number of aromatic nitrogens is 2. The highest BCUT2D eigenvalue weighted by molar-refractivity contribution is 7.89. The van der Waals surface area contributed by atoms with Crippen LogP contribution in [0, 0.1) is 6.92 Å². The number of methoxy groups -OCH3 is 1. The lowest BCUT2D eigenvalue weighted by Gasteiger charge is -2.35. The van der Waals surface area contributed by atoms with Gasteiger partial charge in [-0.2, -0.15) is 9.40 Å². The van der Waals surface area contributed by atoms with Gasteiger partial charge < -0.3 is 19.3 Å². The van der Waals surface area contributed by atoms with Gasteiger partial charge in [0.25, 0.3) is 0 Å². The average Bonchev–Trinajstić information content (AvgIpc) is 2.80. The molecule has 0 aliphatic carbocycles. The maximum Gasteiger partial charge on any atom is 0.246 e. The minimum Gasteiger partial charge on any atom is -0.495 e. The van der Waals surface area contributed by atoms with Crippen molar-refractivity contribution in [1.29, 1.82) is 0 Å². The van der Waals surface area contributed by atoms with E-state index in [1.54, 1.807) is 18.3 Å². The molecule has 0 N–H and O–H groups in total. The van der Waals surface area contributed by atoms with Gasteiger partial charge >= 0.3 is 0 Å². The highest BCUT2D eigenvalue weighted by Crippen LogP contribution is 2.29. The van der Waals surface area contributed by atoms with Crippen molar-refractivity contribution in [2.45, 2.75) is 11.8 Å². The van der Waals surface area contributed by atoms with E-state index in [2.05, 4.69) is 20.0 Å². The molecule has 2 fully saturated rings. The van der Waals surface area contributed by atoms with E-state index in [1.807, 2.05) is 19.1 Å². The Morgan fingerprint density at radius 3 is 2.43 bits per heavy atom. The van der Waals surface area contributed by atoms with Crippen LogP contribution in [-0.4, -0.2) is 82.5 Å². The first-order valence-corrected chi connectivity index (χ1v) is 11.5. The second-order valence-electron chi connectivity index (χ2n) is 7.42. The molecule has 2 aliphatic rings. The van der Waals surface area contributed by atoms with E-state index in [4.69, 9.17) is 9.47 Å². The number of nitrogens with zero attached hydrogens (tertiary/aromatic N) is 5. The van der Waals surface area contributed by atoms with Crippen LogP contribution < -0.4 is 14.5 Å². The summed E-state index contributed by atoms with van der Waals surface area (Å²) in [5.74, 6) is 1.14. The van der Waals surface area contributed by atoms with E-state index >= 15 is 0 Å². The molecule has 2 aromatic rings. The van der Waals surface area contributed by atoms with E-state index in [0.717, 1.165) is 30.2 Å². The van der Waals surface area contributed by atoms with Crippen molar-refractivity contribution in [3.63, 3.8) is 0 Å². The Bertz CT molecular complexity index is 986. The summed E-state index contributed by atoms with van der Waals surface area (Å²) in [6.07, 6.45) is 1.76. The van der Waals surface area contributed by atoms with Gasteiger partial charge in [0.1, 0.15) is 10.6 Å². The molecular weight excluding hydrogens is 406 g/mol. The summed E-state index contributed by atoms with van der Waals surface area (Å²) in [5.41, 5.74) is 1.89. The van der Waals surface area contributed by atoms with Gasteiger partial charge in [0.05, 0.1) is 32.2 Å². The Labute approximate surface area is 177 Å². The largest absolute Gasteiger partial charge is 0.495 e. The smallest absolute Gasteiger partial charge is 0.246 e. The van der Waals surface area contributed by atoms with Crippen LogP contribution >= 0.6 is 0 Å². The van der Waals surface area contributed by atoms with Crippen molar-refractivity contribution >= 4 is 21.5 Å². The Morgan fingerprint density at radius 2 is 1.73 bits per heavy atom. The van der Waals surface area contributed by atoms with Crippen LogP contribution in [0.25, 0.3) is 0 Å². The summed E-state index contributed by atoms with van der Waals surface area (Å²) < 4.78 is 38.6. The standard InChI is InChI=1S/C20H27N5O4S/c1-16-3-4-18(28-2)19(13-16)30(26,27)25-7-5-24(6-8-25)20-14-17(15-21-22-20)23-9-11-29-12-10-23/h3-4,13-15H,5-12H2,1-2H3. The first-order valence-electron chi connectivity index (χ1n) is 10.0. The second kappa shape index (κ2) is 8.75. The molecule has 4 rings (SSSR count). The van der Waals surface area contributed by atoms with Crippen molar-refractivity contribution in [1.82, 2.24) is 14.5 Å². The van der Waals surface area contributed by atoms with Crippen molar-refractivity contribution < 1.29 is 17.9 Å². The fourth-order valence-corrected chi connectivity index (χ4v) is 5.44. The normalized spacial score (nSPS) is 18.5. The Balaban J connectivity index is 1.47. The number of rotatable bonds is 5. The fraction of sp³-hybridized carbons (Fsp3) is 0.500. The summed E-state index contributed by atoms with van der Waals surface area (Å²) in [6, 6.07) is 7.23. The van der Waals surface area contributed by atoms with Gasteiger partial charge in [0.15, 0.2) is 5.82 Å². The predicted octanol–water partition coefficient (Wildman–Crippen LogP) is 1.14. The van der Waals surface area contributed by atoms with E-state index in [9.17, 15) is 8.42 Å². The van der Waals surface area contributed by atoms with Crippen molar-refractivity contribution in [2.24, 2.45) is 0 Å². The molecule has 1 aromatic heterocycles. The first-order chi connectivity index (χ1) is 14.5. The van der Waals surface area contributed by atoms with Crippen LogP contribution in [0.3, 0.4) is 0 Å². The van der Waals surface area contributed by atoms with Crippen LogP contribution in [0.5, 0.6) is 5.75 Å². The third-order valence-corrected chi connectivity index (χ3v) is 7.42. The average molecular weight is 434 g/mol. The zero-order valence-corrected chi connectivity index (χ0v) is 18.1. The molecule has 9 nitrogen and oxygen atoms in total. The Kier molecular flexibility index (Phi) is 6.07. The van der Waals surface area contributed by atoms with Crippen molar-refractivity contribution in [3.05, 3.63) is 36.0 Å². The van der Waals surface area contributed by atoms with Crippen molar-refractivity contribution in [2.75, 3.05) is 69.4 Å². The molecule has 0 unspecified atom stereocenters. The third-order valence-electron chi connectivity index (χ3n) is 5.50. The first kappa shape index (κ1) is 20.8. The molecule has 0 radical (unpaired) electrons. The van der Waals surface area contributed by atoms with Gasteiger partial charge in [-0.15, -0.1) is 5.10 Å². The fourth-order valence-electron chi connectivity index (χ4n) is 3.78. The summed E-state index contributed by atoms with van der Waals surface area (Å²) in [4.78, 5) is 4.52. The SMILES string of the molecule is COc1ccc(C)cc1S(=O)(=O)N1CCN(c2cc(N3CCOCC3)cnn2)CC1. The zero-order valence-electron chi connectivity index (χ0n) is 17.3. The molecule has 0 saturated carbocycles. The molecule has 30 heavy (non-hydrogen) atoms. The summed E-state index contributed by atoms with van der Waals surface area (Å²) in [6.45, 7) is 6.80. The van der Waals surface area contributed by atoms with Crippen LogP contribution in [0.2, 0.25) is 0 Å². The summed E-state index contributed by atoms with van der Waals surface area (Å²) in [5, 5.41) is 8.43. The minimum atomic E-state index is -3.63. The number of anilines is 2. The number of aryl methyl sites for hydroxylation is 1. The quantitative estimate of drug-likeness (QED) is 0.694. The highest BCUT2D eigenvalue weighted by atomic mass is 32.2. The lowest BCUT2D eigenvalue weighted by atomic mass is 10.2. The molecule has 1 aromatic carbocycles. The monoisotopic (exact) mass is 433 g/mol. The van der Waals surface area contributed by atoms with Crippen LogP contribution in [0.1, 0.15) is 5.56 Å². The van der Waals surface area contributed by atoms with Gasteiger partial charge in [-0.25, -0.2) is 8.42 Å². The summed E-state index contributed by atoms with van der Waals surface area (Å²) >= 11 is 0. The van der Waals surface area contributed by atoms with Crippen molar-refractivity contribution in [3.8, 4) is 5.75 Å². The van der Waals surface area contributed by atoms with Crippen LogP contribution in [0.4, 0.5) is 11.5 Å². The van der Waals surface area contributed by atoms with E-state index in [-0.39, 0.29) is 4.90 Å². The van der Waals surface area contributed by atoms with Gasteiger partial charge in [-0.05, 0) is 24.6 Å². The van der Waals surface area contributed by atoms with E-state index < -0.39 is 10.0 Å². The van der Waals surface area contributed by atoms with E-state index in [1.165, 1.54) is 11.4 Å². The molecule has 2 saturated heterocycles. The highest BCUT2D eigenvalue weighted by Gasteiger charge is 2.31. The lowest BCUT2D eigenvalue weighted by Crippen LogP contribution is -2.49. The Morgan fingerprint density at radius 1 is 1.00 bits per heavy atom. The number of morpholine rings is 1. The number of piperazine rings is 1. The summed E-state index contributed by atoms with van der Waals surface area (Å²) in [7, 11) is -2.15. The molecule has 2 aliphatic heterocycles. The van der Waals surface area contributed by atoms with Crippen LogP contribution in [0.15, 0.2) is 35.4 Å². The molecule has 0 amide bonds. The molecule has 0 bridgehead atoms. The second-order valence-corrected chi connectivity index (χ2v) is 9.32. The van der Waals surface area contributed by atoms with Gasteiger partial charge in [0, 0.05) is 45.3 Å². The Hall–Kier alpha value is -2.43. The topological polar surface area (TPSA) is 88.1 Å². The number of hydrogen-bond acceptors (Lipinski definition) is 8. The maximum absolute atomic E-state index is 13.2. The molecule has 3 heterocycles. The molecule has 162 valence electrons. The van der Waals surface area contributed by atoms with Crippen LogP contribution in [-0.2, 0) is 14.8 Å². The van der Waals surface area contributed by atoms with Gasteiger partial charge in [0.2, 0.25) is 10.0 Å². The molecular formula is C20H27N5O4S. The number of hydrogen-bond donors (Lipinski definition) is 0. The van der Waals surface area contributed by atoms with E-state index in [0.29, 0.717) is 45.1 Å². The lowest BCUT2D eigenvalue weighted by molar-refractivity contribution is 0.122. The zero-order chi connectivity index (χ0) is 21.1. The number of benzene rings is 1. The predicted molar refractivity (Wildman–Crippen MR) is 114 cm³/mol. The van der Waals surface area contributed by atoms with Gasteiger partial charge in [-0.1, -0.05) is 6.07 Å². The minimum absolute atomic E-state index is 0.215. The molecule has 0 atom stereocenters. The maximum atomic E-state index is 13.2. The number of ether oxygens (including phenoxy) is 2. The van der Waals surface area contributed by atoms with Gasteiger partial charge in [-0.3, -0.25) is 0 Å². The molecule has 0 spiro atoms. The molecule has 10 heteroatoms. The number of sulfonamides is 1.